The molecule has 0 saturated heterocycles. The van der Waals surface area contributed by atoms with Crippen LogP contribution in [0, 0.1) is 0 Å². The molecule has 1 amide bonds. The van der Waals surface area contributed by atoms with Crippen molar-refractivity contribution in [2.75, 3.05) is 13.7 Å². The van der Waals surface area contributed by atoms with Gasteiger partial charge in [-0.2, -0.15) is 13.2 Å². The van der Waals surface area contributed by atoms with Crippen molar-refractivity contribution in [2.24, 2.45) is 0 Å². The molecule has 0 aliphatic carbocycles. The van der Waals surface area contributed by atoms with E-state index in [-0.39, 0.29) is 6.54 Å². The summed E-state index contributed by atoms with van der Waals surface area (Å²) in [6.45, 7) is -0.422. The molecule has 0 atom stereocenters. The molecule has 0 bridgehead atoms. The maximum Gasteiger partial charge on any atom is 0.427 e. The molecule has 0 radical (unpaired) electrons. The number of rotatable bonds is 6. The summed E-state index contributed by atoms with van der Waals surface area (Å²) >= 11 is 0.370. The van der Waals surface area contributed by atoms with Gasteiger partial charge in [0.1, 0.15) is 10.6 Å². The standard InChI is InChI=1S/C15H13F3N2O4S/c1-20(14(23)12-13(15(16,17)18)25-8-19-12)6-9-2-4-10(5-3-9)24-7-11(21)22/h2-5,8H,6-7H2,1H3,(H,21,22). The number of hydrogen-bond acceptors (Lipinski definition) is 5. The van der Waals surface area contributed by atoms with Crippen molar-refractivity contribution in [1.29, 1.82) is 0 Å². The van der Waals surface area contributed by atoms with Gasteiger partial charge in [-0.1, -0.05) is 12.1 Å². The molecule has 6 nitrogen and oxygen atoms in total. The molecule has 0 aliphatic rings. The fourth-order valence-electron chi connectivity index (χ4n) is 1.96. The second-order valence-electron chi connectivity index (χ2n) is 5.02. The summed E-state index contributed by atoms with van der Waals surface area (Å²) in [5.41, 5.74) is 1.00. The molecule has 2 aromatic rings. The number of carbonyl (C=O) groups excluding carboxylic acids is 1. The Bertz CT molecular complexity index is 759. The van der Waals surface area contributed by atoms with E-state index in [2.05, 4.69) is 4.98 Å². The Labute approximate surface area is 144 Å². The number of amides is 1. The topological polar surface area (TPSA) is 79.7 Å². The summed E-state index contributed by atoms with van der Waals surface area (Å²) in [7, 11) is 1.37. The Morgan fingerprint density at radius 2 is 1.92 bits per heavy atom. The van der Waals surface area contributed by atoms with Gasteiger partial charge >= 0.3 is 12.1 Å². The Morgan fingerprint density at radius 3 is 2.48 bits per heavy atom. The van der Waals surface area contributed by atoms with E-state index < -0.39 is 35.2 Å². The van der Waals surface area contributed by atoms with Crippen molar-refractivity contribution in [2.45, 2.75) is 12.7 Å². The Hall–Kier alpha value is -2.62. The van der Waals surface area contributed by atoms with E-state index in [1.165, 1.54) is 19.2 Å². The first kappa shape index (κ1) is 18.7. The molecule has 0 aliphatic heterocycles. The summed E-state index contributed by atoms with van der Waals surface area (Å²) in [5, 5.41) is 8.53. The zero-order valence-electron chi connectivity index (χ0n) is 12.9. The molecule has 0 unspecified atom stereocenters. The van der Waals surface area contributed by atoms with Gasteiger partial charge in [-0.15, -0.1) is 11.3 Å². The monoisotopic (exact) mass is 374 g/mol. The molecule has 1 aromatic heterocycles. The molecule has 0 saturated carbocycles. The summed E-state index contributed by atoms with van der Waals surface area (Å²) in [5.74, 6) is -1.61. The first-order valence-electron chi connectivity index (χ1n) is 6.88. The molecule has 1 heterocycles. The number of carboxylic acids is 1. The highest BCUT2D eigenvalue weighted by Gasteiger charge is 2.38. The number of aromatic nitrogens is 1. The first-order chi connectivity index (χ1) is 11.7. The van der Waals surface area contributed by atoms with Gasteiger partial charge in [0, 0.05) is 13.6 Å². The van der Waals surface area contributed by atoms with Crippen LogP contribution in [0.25, 0.3) is 0 Å². The second-order valence-corrected chi connectivity index (χ2v) is 5.87. The molecule has 134 valence electrons. The summed E-state index contributed by atoms with van der Waals surface area (Å²) < 4.78 is 43.5. The van der Waals surface area contributed by atoms with E-state index >= 15 is 0 Å². The molecule has 2 rings (SSSR count). The van der Waals surface area contributed by atoms with Crippen LogP contribution in [0.5, 0.6) is 5.75 Å². The van der Waals surface area contributed by atoms with Gasteiger partial charge in [-0.3, -0.25) is 4.79 Å². The van der Waals surface area contributed by atoms with Crippen molar-refractivity contribution in [3.05, 3.63) is 45.9 Å². The van der Waals surface area contributed by atoms with E-state index in [4.69, 9.17) is 9.84 Å². The van der Waals surface area contributed by atoms with Crippen molar-refractivity contribution in [1.82, 2.24) is 9.88 Å². The van der Waals surface area contributed by atoms with Gasteiger partial charge in [0.2, 0.25) is 0 Å². The predicted molar refractivity (Wildman–Crippen MR) is 82.5 cm³/mol. The van der Waals surface area contributed by atoms with Crippen molar-refractivity contribution >= 4 is 23.2 Å². The molecule has 0 spiro atoms. The lowest BCUT2D eigenvalue weighted by atomic mass is 10.2. The highest BCUT2D eigenvalue weighted by Crippen LogP contribution is 2.35. The number of aliphatic carboxylic acids is 1. The van der Waals surface area contributed by atoms with E-state index in [1.54, 1.807) is 12.1 Å². The van der Waals surface area contributed by atoms with Crippen LogP contribution in [0.1, 0.15) is 20.9 Å². The second kappa shape index (κ2) is 7.51. The highest BCUT2D eigenvalue weighted by atomic mass is 32.1. The van der Waals surface area contributed by atoms with Crippen LogP contribution in [0.4, 0.5) is 13.2 Å². The lowest BCUT2D eigenvalue weighted by Crippen LogP contribution is -2.28. The number of alkyl halides is 3. The third-order valence-corrected chi connectivity index (χ3v) is 3.95. The highest BCUT2D eigenvalue weighted by molar-refractivity contribution is 7.10. The quantitative estimate of drug-likeness (QED) is 0.841. The average Bonchev–Trinajstić information content (AvgIpc) is 3.03. The van der Waals surface area contributed by atoms with Gasteiger partial charge in [0.15, 0.2) is 12.3 Å². The third-order valence-electron chi connectivity index (χ3n) is 3.08. The van der Waals surface area contributed by atoms with Gasteiger partial charge in [0.05, 0.1) is 5.51 Å². The maximum atomic E-state index is 12.9. The normalized spacial score (nSPS) is 11.2. The van der Waals surface area contributed by atoms with Gasteiger partial charge in [-0.05, 0) is 17.7 Å². The number of ether oxygens (including phenoxy) is 1. The number of hydrogen-bond donors (Lipinski definition) is 1. The SMILES string of the molecule is CN(Cc1ccc(OCC(=O)O)cc1)C(=O)c1ncsc1C(F)(F)F. The van der Waals surface area contributed by atoms with Crippen molar-refractivity contribution < 1.29 is 32.6 Å². The number of carboxylic acid groups (broad SMARTS) is 1. The van der Waals surface area contributed by atoms with Crippen LogP contribution >= 0.6 is 11.3 Å². The minimum absolute atomic E-state index is 0.0624. The number of thiazole rings is 1. The molecule has 1 N–H and O–H groups in total. The maximum absolute atomic E-state index is 12.9. The number of nitrogens with zero attached hydrogens (tertiary/aromatic N) is 2. The molecular formula is C15H13F3N2O4S. The van der Waals surface area contributed by atoms with Gasteiger partial charge < -0.3 is 14.7 Å². The molecule has 25 heavy (non-hydrogen) atoms. The van der Waals surface area contributed by atoms with Crippen LogP contribution in [0.15, 0.2) is 29.8 Å². The zero-order chi connectivity index (χ0) is 18.6. The van der Waals surface area contributed by atoms with Crippen LogP contribution in [0.2, 0.25) is 0 Å². The molecule has 0 fully saturated rings. The van der Waals surface area contributed by atoms with E-state index in [9.17, 15) is 22.8 Å². The third kappa shape index (κ3) is 4.92. The largest absolute Gasteiger partial charge is 0.482 e. The fraction of sp³-hybridized carbons (Fsp3) is 0.267. The van der Waals surface area contributed by atoms with Gasteiger partial charge in [0.25, 0.3) is 5.91 Å². The summed E-state index contributed by atoms with van der Waals surface area (Å²) in [4.78, 5) is 26.2. The minimum Gasteiger partial charge on any atom is -0.482 e. The molecular weight excluding hydrogens is 361 g/mol. The lowest BCUT2D eigenvalue weighted by molar-refractivity contribution is -0.139. The van der Waals surface area contributed by atoms with Crippen molar-refractivity contribution in [3.8, 4) is 5.75 Å². The minimum atomic E-state index is -4.63. The van der Waals surface area contributed by atoms with Crippen LogP contribution in [-0.4, -0.2) is 40.5 Å². The fourth-order valence-corrected chi connectivity index (χ4v) is 2.61. The van der Waals surface area contributed by atoms with E-state index in [0.29, 0.717) is 22.6 Å². The average molecular weight is 374 g/mol. The number of benzene rings is 1. The molecule has 10 heteroatoms. The lowest BCUT2D eigenvalue weighted by Gasteiger charge is -2.17. The van der Waals surface area contributed by atoms with Crippen LogP contribution < -0.4 is 4.74 Å². The van der Waals surface area contributed by atoms with Gasteiger partial charge in [-0.25, -0.2) is 9.78 Å². The Balaban J connectivity index is 2.04. The van der Waals surface area contributed by atoms with Crippen LogP contribution in [0.3, 0.4) is 0 Å². The number of halogens is 3. The summed E-state index contributed by atoms with van der Waals surface area (Å²) in [6.07, 6.45) is -4.63. The van der Waals surface area contributed by atoms with Crippen molar-refractivity contribution in [3.63, 3.8) is 0 Å². The first-order valence-corrected chi connectivity index (χ1v) is 7.76. The van der Waals surface area contributed by atoms with Crippen LogP contribution in [-0.2, 0) is 17.5 Å². The van der Waals surface area contributed by atoms with E-state index in [1.807, 2.05) is 0 Å². The Morgan fingerprint density at radius 1 is 1.28 bits per heavy atom. The predicted octanol–water partition coefficient (Wildman–Crippen LogP) is 2.90. The number of carbonyl (C=O) groups is 2. The smallest absolute Gasteiger partial charge is 0.427 e. The van der Waals surface area contributed by atoms with E-state index in [0.717, 1.165) is 10.4 Å². The summed E-state index contributed by atoms with van der Waals surface area (Å²) in [6, 6.07) is 6.21. The zero-order valence-corrected chi connectivity index (χ0v) is 13.7. The molecule has 1 aromatic carbocycles. The Kier molecular flexibility index (Phi) is 5.62.